The van der Waals surface area contributed by atoms with Crippen molar-refractivity contribution in [3.63, 3.8) is 0 Å². The number of allylic oxidation sites excluding steroid dienone is 1. The van der Waals surface area contributed by atoms with Crippen molar-refractivity contribution in [3.8, 4) is 0 Å². The number of benzene rings is 4. The average molecular weight is 911 g/mol. The minimum absolute atomic E-state index is 0.115. The number of hydrogen-bond donors (Lipinski definition) is 1. The summed E-state index contributed by atoms with van der Waals surface area (Å²) in [6.07, 6.45) is 5.95. The number of nitro benzene ring substituents is 1. The van der Waals surface area contributed by atoms with Crippen LogP contribution in [0.5, 0.6) is 0 Å². The Bertz CT molecular complexity index is 2530. The van der Waals surface area contributed by atoms with Gasteiger partial charge in [0, 0.05) is 84.2 Å². The van der Waals surface area contributed by atoms with Gasteiger partial charge in [0.15, 0.2) is 5.82 Å². The minimum Gasteiger partial charge on any atom is -0.379 e. The maximum Gasteiger partial charge on any atom is 0.273 e. The van der Waals surface area contributed by atoms with Gasteiger partial charge in [-0.15, -0.1) is 11.8 Å². The quantitative estimate of drug-likeness (QED) is 0.0577. The fourth-order valence-corrected chi connectivity index (χ4v) is 11.3. The fourth-order valence-electron chi connectivity index (χ4n) is 9.04. The molecule has 1 N–H and O–H groups in total. The van der Waals surface area contributed by atoms with Crippen LogP contribution in [0, 0.1) is 21.4 Å². The summed E-state index contributed by atoms with van der Waals surface area (Å²) in [5, 5.41) is 13.8. The monoisotopic (exact) mass is 909 g/mol. The van der Waals surface area contributed by atoms with Crippen molar-refractivity contribution >= 4 is 67.1 Å². The molecule has 1 aromatic heterocycles. The van der Waals surface area contributed by atoms with Crippen molar-refractivity contribution in [2.45, 2.75) is 55.7 Å². The molecule has 2 aliphatic heterocycles. The van der Waals surface area contributed by atoms with E-state index in [-0.39, 0.29) is 27.7 Å². The lowest BCUT2D eigenvalue weighted by atomic mass is 9.73. The number of nitro groups is 1. The van der Waals surface area contributed by atoms with Gasteiger partial charge in [0.1, 0.15) is 6.33 Å². The molecule has 0 spiro atoms. The van der Waals surface area contributed by atoms with Crippen molar-refractivity contribution in [1.82, 2.24) is 19.8 Å². The van der Waals surface area contributed by atoms with Crippen LogP contribution in [0.25, 0.3) is 16.5 Å². The molecular formula is C48H56ClN7O5S2. The molecular weight excluding hydrogens is 854 g/mol. The first-order valence-electron chi connectivity index (χ1n) is 21.9. The largest absolute Gasteiger partial charge is 0.379 e. The molecule has 4 aromatic carbocycles. The summed E-state index contributed by atoms with van der Waals surface area (Å²) in [4.78, 5) is 29.0. The van der Waals surface area contributed by atoms with Gasteiger partial charge in [-0.25, -0.2) is 18.4 Å². The van der Waals surface area contributed by atoms with Crippen LogP contribution in [0.2, 0.25) is 5.02 Å². The molecule has 15 heteroatoms. The second kappa shape index (κ2) is 20.1. The van der Waals surface area contributed by atoms with E-state index in [0.717, 1.165) is 93.0 Å². The molecule has 2 fully saturated rings. The Morgan fingerprint density at radius 1 is 0.921 bits per heavy atom. The Morgan fingerprint density at radius 2 is 1.68 bits per heavy atom. The second-order valence-corrected chi connectivity index (χ2v) is 20.9. The summed E-state index contributed by atoms with van der Waals surface area (Å²) in [5.41, 5.74) is 6.42. The summed E-state index contributed by atoms with van der Waals surface area (Å²) in [7, 11) is -4.25. The van der Waals surface area contributed by atoms with E-state index in [1.165, 1.54) is 41.6 Å². The zero-order valence-corrected chi connectivity index (χ0v) is 38.4. The van der Waals surface area contributed by atoms with Crippen molar-refractivity contribution in [3.05, 3.63) is 129 Å². The number of aromatic nitrogens is 2. The van der Waals surface area contributed by atoms with Gasteiger partial charge in [-0.1, -0.05) is 67.4 Å². The van der Waals surface area contributed by atoms with E-state index in [2.05, 4.69) is 67.5 Å². The lowest BCUT2D eigenvalue weighted by Crippen LogP contribution is -2.47. The van der Waals surface area contributed by atoms with Gasteiger partial charge in [-0.05, 0) is 110 Å². The number of anilines is 2. The van der Waals surface area contributed by atoms with Crippen molar-refractivity contribution in [1.29, 1.82) is 0 Å². The Labute approximate surface area is 380 Å². The third-order valence-electron chi connectivity index (χ3n) is 12.6. The van der Waals surface area contributed by atoms with Gasteiger partial charge in [-0.2, -0.15) is 0 Å². The maximum absolute atomic E-state index is 13.9. The lowest BCUT2D eigenvalue weighted by Gasteiger charge is -2.39. The zero-order chi connectivity index (χ0) is 44.0. The molecule has 0 amide bonds. The number of thioether (sulfide) groups is 1. The number of nitrogens with zero attached hydrogens (tertiary/aromatic N) is 6. The SMILES string of the molecule is CC1(C)CCC(c2ccc(Cl)cc2)=C(CN2CCN(c3ccc4c(NS(=O)(=O)c5ccc(C[C@H](CCN6CCOCC6)CSc6ccccc6)c([N+](=O)[O-])c5)ncnc4c3)CC2)C1. The molecule has 12 nitrogen and oxygen atoms in total. The van der Waals surface area contributed by atoms with Crippen LogP contribution in [-0.4, -0.2) is 104 Å². The Hall–Kier alpha value is -4.57. The number of piperazine rings is 1. The van der Waals surface area contributed by atoms with Crippen LogP contribution >= 0.6 is 23.4 Å². The Kier molecular flexibility index (Phi) is 14.3. The maximum atomic E-state index is 13.9. The van der Waals surface area contributed by atoms with Crippen LogP contribution in [-0.2, 0) is 21.2 Å². The predicted octanol–water partition coefficient (Wildman–Crippen LogP) is 9.45. The first kappa shape index (κ1) is 45.0. The van der Waals surface area contributed by atoms with Gasteiger partial charge < -0.3 is 9.64 Å². The van der Waals surface area contributed by atoms with E-state index in [1.807, 2.05) is 48.5 Å². The van der Waals surface area contributed by atoms with E-state index in [4.69, 9.17) is 16.3 Å². The highest BCUT2D eigenvalue weighted by Crippen LogP contribution is 2.43. The van der Waals surface area contributed by atoms with Crippen molar-refractivity contribution in [2.75, 3.05) is 80.9 Å². The van der Waals surface area contributed by atoms with Gasteiger partial charge in [0.05, 0.1) is 28.5 Å². The van der Waals surface area contributed by atoms with Gasteiger partial charge in [-0.3, -0.25) is 24.6 Å². The van der Waals surface area contributed by atoms with Crippen LogP contribution < -0.4 is 9.62 Å². The Balaban J connectivity index is 0.936. The normalized spacial score (nSPS) is 18.1. The molecule has 0 radical (unpaired) electrons. The third-order valence-corrected chi connectivity index (χ3v) is 15.5. The van der Waals surface area contributed by atoms with Gasteiger partial charge in [0.2, 0.25) is 0 Å². The molecule has 1 aliphatic carbocycles. The van der Waals surface area contributed by atoms with Crippen molar-refractivity contribution in [2.24, 2.45) is 11.3 Å². The number of rotatable bonds is 16. The minimum atomic E-state index is -4.25. The lowest BCUT2D eigenvalue weighted by molar-refractivity contribution is -0.385. The summed E-state index contributed by atoms with van der Waals surface area (Å²) < 4.78 is 35.9. The molecule has 63 heavy (non-hydrogen) atoms. The van der Waals surface area contributed by atoms with Gasteiger partial charge >= 0.3 is 0 Å². The van der Waals surface area contributed by atoms with Crippen LogP contribution in [0.4, 0.5) is 17.2 Å². The van der Waals surface area contributed by atoms with E-state index in [0.29, 0.717) is 36.1 Å². The topological polar surface area (TPSA) is 134 Å². The number of nitrogens with one attached hydrogen (secondary N) is 1. The smallest absolute Gasteiger partial charge is 0.273 e. The fraction of sp³-hybridized carbons (Fsp3) is 0.417. The molecule has 2 saturated heterocycles. The molecule has 0 saturated carbocycles. The number of fused-ring (bicyclic) bond motifs is 1. The van der Waals surface area contributed by atoms with E-state index in [9.17, 15) is 18.5 Å². The third kappa shape index (κ3) is 11.6. The number of sulfonamides is 1. The summed E-state index contributed by atoms with van der Waals surface area (Å²) in [5.74, 6) is 1.01. The molecule has 3 aliphatic rings. The van der Waals surface area contributed by atoms with Crippen LogP contribution in [0.1, 0.15) is 50.7 Å². The first-order chi connectivity index (χ1) is 30.4. The van der Waals surface area contributed by atoms with E-state index >= 15 is 0 Å². The highest BCUT2D eigenvalue weighted by atomic mass is 35.5. The molecule has 332 valence electrons. The summed E-state index contributed by atoms with van der Waals surface area (Å²) >= 11 is 7.96. The van der Waals surface area contributed by atoms with Crippen LogP contribution in [0.3, 0.4) is 0 Å². The standard InChI is InChI=1S/C48H56ClN7O5S2/c1-48(2)18-16-43(36-8-11-39(49)12-9-36)38(31-48)32-54-20-22-55(23-21-54)40-13-15-44-45(29-40)50-34-51-47(44)52-63(59,60)42-14-10-37(46(30-42)56(57)58)28-35(17-19-53-24-26-61-27-25-53)33-62-41-6-4-3-5-7-41/h3-15,29-30,34-35H,16-28,31-33H2,1-2H3,(H,50,51,52)/t35-/m0/s1. The van der Waals surface area contributed by atoms with Crippen molar-refractivity contribution < 1.29 is 18.1 Å². The first-order valence-corrected chi connectivity index (χ1v) is 24.7. The molecule has 1 atom stereocenters. The highest BCUT2D eigenvalue weighted by Gasteiger charge is 2.30. The molecule has 0 bridgehead atoms. The number of morpholine rings is 1. The number of hydrogen-bond acceptors (Lipinski definition) is 11. The summed E-state index contributed by atoms with van der Waals surface area (Å²) in [6, 6.07) is 28.4. The molecule has 0 unspecified atom stereocenters. The predicted molar refractivity (Wildman–Crippen MR) is 254 cm³/mol. The molecule has 5 aromatic rings. The van der Waals surface area contributed by atoms with E-state index < -0.39 is 14.9 Å². The van der Waals surface area contributed by atoms with Crippen LogP contribution in [0.15, 0.2) is 113 Å². The zero-order valence-electron chi connectivity index (χ0n) is 36.0. The average Bonchev–Trinajstić information content (AvgIpc) is 3.28. The summed E-state index contributed by atoms with van der Waals surface area (Å²) in [6.45, 7) is 13.2. The molecule has 8 rings (SSSR count). The second-order valence-electron chi connectivity index (χ2n) is 17.7. The highest BCUT2D eigenvalue weighted by molar-refractivity contribution is 7.99. The van der Waals surface area contributed by atoms with E-state index in [1.54, 1.807) is 17.8 Å². The Morgan fingerprint density at radius 3 is 2.43 bits per heavy atom. The molecule has 3 heterocycles. The van der Waals surface area contributed by atoms with Gasteiger partial charge in [0.25, 0.3) is 15.7 Å². The number of halogens is 1. The number of ether oxygens (including phenoxy) is 1.